The van der Waals surface area contributed by atoms with Crippen molar-refractivity contribution >= 4 is 29.3 Å². The highest BCUT2D eigenvalue weighted by Gasteiger charge is 2.34. The van der Waals surface area contributed by atoms with Crippen molar-refractivity contribution in [3.63, 3.8) is 0 Å². The molecule has 0 unspecified atom stereocenters. The van der Waals surface area contributed by atoms with E-state index in [4.69, 9.17) is 16.3 Å². The molecule has 0 spiro atoms. The van der Waals surface area contributed by atoms with Crippen molar-refractivity contribution in [3.05, 3.63) is 76.5 Å². The van der Waals surface area contributed by atoms with Crippen molar-refractivity contribution in [3.8, 4) is 0 Å². The number of anilines is 1. The van der Waals surface area contributed by atoms with Crippen LogP contribution in [0, 0.1) is 0 Å². The average molecular weight is 455 g/mol. The van der Waals surface area contributed by atoms with Gasteiger partial charge in [0.15, 0.2) is 0 Å². The summed E-state index contributed by atoms with van der Waals surface area (Å²) in [5, 5.41) is 6.47. The summed E-state index contributed by atoms with van der Waals surface area (Å²) in [6.07, 6.45) is 0. The molecule has 168 valence electrons. The molecule has 0 saturated carbocycles. The Morgan fingerprint density at radius 3 is 2.44 bits per heavy atom. The van der Waals surface area contributed by atoms with Gasteiger partial charge in [0.25, 0.3) is 0 Å². The first-order valence-corrected chi connectivity index (χ1v) is 11.2. The predicted molar refractivity (Wildman–Crippen MR) is 125 cm³/mol. The molecule has 1 atom stereocenters. The minimum Gasteiger partial charge on any atom is -0.463 e. The lowest BCUT2D eigenvalue weighted by molar-refractivity contribution is -0.139. The molecule has 2 aliphatic heterocycles. The highest BCUT2D eigenvalue weighted by Crippen LogP contribution is 2.29. The number of para-hydroxylation sites is 1. The summed E-state index contributed by atoms with van der Waals surface area (Å²) in [5.74, 6) is -0.418. The van der Waals surface area contributed by atoms with Crippen molar-refractivity contribution in [2.75, 3.05) is 44.2 Å². The second-order valence-electron chi connectivity index (χ2n) is 7.77. The number of esters is 1. The van der Waals surface area contributed by atoms with Gasteiger partial charge in [-0.1, -0.05) is 54.1 Å². The Labute approximate surface area is 193 Å². The normalized spacial score (nSPS) is 19.4. The van der Waals surface area contributed by atoms with Crippen LogP contribution in [0.3, 0.4) is 0 Å². The smallest absolute Gasteiger partial charge is 0.338 e. The van der Waals surface area contributed by atoms with Gasteiger partial charge in [0, 0.05) is 38.4 Å². The van der Waals surface area contributed by atoms with E-state index >= 15 is 0 Å². The number of carbonyl (C=O) groups is 2. The van der Waals surface area contributed by atoms with Crippen LogP contribution < -0.4 is 15.5 Å². The van der Waals surface area contributed by atoms with Crippen molar-refractivity contribution in [2.45, 2.75) is 13.0 Å². The van der Waals surface area contributed by atoms with Gasteiger partial charge in [-0.25, -0.2) is 9.59 Å². The van der Waals surface area contributed by atoms with E-state index in [1.807, 2.05) is 54.6 Å². The van der Waals surface area contributed by atoms with Crippen LogP contribution in [0.4, 0.5) is 10.5 Å². The largest absolute Gasteiger partial charge is 0.463 e. The number of hydrogen-bond acceptors (Lipinski definition) is 5. The van der Waals surface area contributed by atoms with E-state index in [0.717, 1.165) is 42.5 Å². The third kappa shape index (κ3) is 4.89. The molecule has 1 saturated heterocycles. The Hall–Kier alpha value is -3.03. The van der Waals surface area contributed by atoms with E-state index in [9.17, 15) is 9.59 Å². The number of halogens is 1. The van der Waals surface area contributed by atoms with Crippen molar-refractivity contribution < 1.29 is 14.3 Å². The fourth-order valence-corrected chi connectivity index (χ4v) is 4.42. The summed E-state index contributed by atoms with van der Waals surface area (Å²) in [6, 6.07) is 16.4. The van der Waals surface area contributed by atoms with Gasteiger partial charge in [-0.3, -0.25) is 4.90 Å². The molecule has 0 aromatic heterocycles. The zero-order valence-corrected chi connectivity index (χ0v) is 18.8. The molecule has 2 heterocycles. The van der Waals surface area contributed by atoms with E-state index in [0.29, 0.717) is 17.8 Å². The second-order valence-corrected chi connectivity index (χ2v) is 8.18. The number of hydrogen-bond donors (Lipinski definition) is 2. The SMILES string of the molecule is CCOC(=O)C1=C(CN2CCN(c3ccccc3Cl)CC2)NC(=O)N[C@@H]1c1ccccc1. The number of nitrogens with zero attached hydrogens (tertiary/aromatic N) is 2. The van der Waals surface area contributed by atoms with Crippen molar-refractivity contribution in [1.82, 2.24) is 15.5 Å². The number of nitrogens with one attached hydrogen (secondary N) is 2. The van der Waals surface area contributed by atoms with E-state index in [1.165, 1.54) is 0 Å². The quantitative estimate of drug-likeness (QED) is 0.655. The average Bonchev–Trinajstić information content (AvgIpc) is 2.80. The van der Waals surface area contributed by atoms with Gasteiger partial charge in [-0.05, 0) is 24.6 Å². The predicted octanol–water partition coefficient (Wildman–Crippen LogP) is 3.33. The fourth-order valence-electron chi connectivity index (χ4n) is 4.17. The molecule has 0 bridgehead atoms. The Morgan fingerprint density at radius 2 is 1.75 bits per heavy atom. The zero-order valence-electron chi connectivity index (χ0n) is 18.0. The summed E-state index contributed by atoms with van der Waals surface area (Å²) in [7, 11) is 0. The number of amides is 2. The Kier molecular flexibility index (Phi) is 6.97. The Balaban J connectivity index is 1.55. The van der Waals surface area contributed by atoms with Crippen LogP contribution in [0.15, 0.2) is 65.9 Å². The molecular weight excluding hydrogens is 428 g/mol. The Morgan fingerprint density at radius 1 is 1.06 bits per heavy atom. The minimum atomic E-state index is -0.552. The number of piperazine rings is 1. The second kappa shape index (κ2) is 10.1. The molecule has 7 nitrogen and oxygen atoms in total. The standard InChI is InChI=1S/C24H27ClN4O3/c1-2-32-23(30)21-19(26-24(31)27-22(21)17-8-4-3-5-9-17)16-28-12-14-29(15-13-28)20-11-7-6-10-18(20)25/h3-11,22H,2,12-16H2,1H3,(H2,26,27,31)/t22-/m1/s1. The summed E-state index contributed by atoms with van der Waals surface area (Å²) in [5.41, 5.74) is 2.91. The van der Waals surface area contributed by atoms with Gasteiger partial charge in [0.05, 0.1) is 28.9 Å². The lowest BCUT2D eigenvalue weighted by Crippen LogP contribution is -2.51. The number of carbonyl (C=O) groups excluding carboxylic acids is 2. The molecule has 0 radical (unpaired) electrons. The van der Waals surface area contributed by atoms with Crippen LogP contribution in [0.2, 0.25) is 5.02 Å². The molecule has 2 aromatic carbocycles. The summed E-state index contributed by atoms with van der Waals surface area (Å²) in [4.78, 5) is 29.8. The van der Waals surface area contributed by atoms with Crippen LogP contribution in [-0.4, -0.2) is 56.2 Å². The van der Waals surface area contributed by atoms with E-state index in [-0.39, 0.29) is 12.6 Å². The first-order valence-electron chi connectivity index (χ1n) is 10.8. The van der Waals surface area contributed by atoms with Crippen molar-refractivity contribution in [2.24, 2.45) is 0 Å². The zero-order chi connectivity index (χ0) is 22.5. The number of rotatable bonds is 6. The first-order chi connectivity index (χ1) is 15.6. The summed E-state index contributed by atoms with van der Waals surface area (Å²) >= 11 is 6.36. The molecule has 2 N–H and O–H groups in total. The topological polar surface area (TPSA) is 73.9 Å². The van der Waals surface area contributed by atoms with E-state index < -0.39 is 12.0 Å². The maximum absolute atomic E-state index is 12.9. The molecule has 1 fully saturated rings. The molecule has 8 heteroatoms. The van der Waals surface area contributed by atoms with Gasteiger partial charge in [0.2, 0.25) is 0 Å². The third-order valence-corrected chi connectivity index (χ3v) is 6.05. The lowest BCUT2D eigenvalue weighted by atomic mass is 9.95. The van der Waals surface area contributed by atoms with Crippen LogP contribution in [0.5, 0.6) is 0 Å². The number of benzene rings is 2. The van der Waals surface area contributed by atoms with E-state index in [2.05, 4.69) is 20.4 Å². The van der Waals surface area contributed by atoms with Gasteiger partial charge in [-0.2, -0.15) is 0 Å². The highest BCUT2D eigenvalue weighted by atomic mass is 35.5. The third-order valence-electron chi connectivity index (χ3n) is 5.73. The van der Waals surface area contributed by atoms with Crippen LogP contribution in [-0.2, 0) is 9.53 Å². The van der Waals surface area contributed by atoms with E-state index in [1.54, 1.807) is 6.92 Å². The molecule has 2 aliphatic rings. The molecule has 4 rings (SSSR count). The minimum absolute atomic E-state index is 0.265. The van der Waals surface area contributed by atoms with Gasteiger partial charge < -0.3 is 20.3 Å². The monoisotopic (exact) mass is 454 g/mol. The van der Waals surface area contributed by atoms with Crippen molar-refractivity contribution in [1.29, 1.82) is 0 Å². The molecule has 0 aliphatic carbocycles. The maximum atomic E-state index is 12.9. The highest BCUT2D eigenvalue weighted by molar-refractivity contribution is 6.33. The molecule has 2 amide bonds. The maximum Gasteiger partial charge on any atom is 0.338 e. The lowest BCUT2D eigenvalue weighted by Gasteiger charge is -2.38. The number of urea groups is 1. The Bertz CT molecular complexity index is 1000. The molecular formula is C24H27ClN4O3. The first kappa shape index (κ1) is 22.2. The summed E-state index contributed by atoms with van der Waals surface area (Å²) in [6.45, 7) is 5.68. The van der Waals surface area contributed by atoms with Gasteiger partial charge in [0.1, 0.15) is 0 Å². The fraction of sp³-hybridized carbons (Fsp3) is 0.333. The number of ether oxygens (including phenoxy) is 1. The van der Waals surface area contributed by atoms with Crippen LogP contribution >= 0.6 is 11.6 Å². The molecule has 2 aromatic rings. The van der Waals surface area contributed by atoms with Gasteiger partial charge in [-0.15, -0.1) is 0 Å². The molecule has 32 heavy (non-hydrogen) atoms. The van der Waals surface area contributed by atoms with Crippen LogP contribution in [0.1, 0.15) is 18.5 Å². The van der Waals surface area contributed by atoms with Crippen LogP contribution in [0.25, 0.3) is 0 Å². The van der Waals surface area contributed by atoms with Gasteiger partial charge >= 0.3 is 12.0 Å². The summed E-state index contributed by atoms with van der Waals surface area (Å²) < 4.78 is 5.35.